The Kier molecular flexibility index (Phi) is 12.3. The smallest absolute Gasteiger partial charge is 0.475 e. The largest absolute Gasteiger partial charge is 0.490 e. The summed E-state index contributed by atoms with van der Waals surface area (Å²) >= 11 is 1.89. The molecule has 1 spiro atoms. The molecule has 0 aliphatic carbocycles. The van der Waals surface area contributed by atoms with Gasteiger partial charge in [-0.15, -0.1) is 11.3 Å². The molecule has 0 saturated carbocycles. The predicted molar refractivity (Wildman–Crippen MR) is 131 cm³/mol. The second-order valence-corrected chi connectivity index (χ2v) is 10.4. The lowest BCUT2D eigenvalue weighted by Gasteiger charge is -2.43. The van der Waals surface area contributed by atoms with Crippen molar-refractivity contribution in [2.24, 2.45) is 0 Å². The zero-order chi connectivity index (χ0) is 30.0. The summed E-state index contributed by atoms with van der Waals surface area (Å²) in [6.45, 7) is 10.1. The quantitative estimate of drug-likeness (QED) is 0.506. The number of carboxylic acid groups (broad SMARTS) is 2. The van der Waals surface area contributed by atoms with E-state index in [1.807, 2.05) is 23.7 Å². The van der Waals surface area contributed by atoms with E-state index in [2.05, 4.69) is 46.0 Å². The molecular formula is C24H29F6N3O6S. The van der Waals surface area contributed by atoms with E-state index in [4.69, 9.17) is 29.3 Å². The van der Waals surface area contributed by atoms with Crippen molar-refractivity contribution in [1.29, 1.82) is 0 Å². The average molecular weight is 602 g/mol. The Morgan fingerprint density at radius 2 is 1.45 bits per heavy atom. The first-order valence-electron chi connectivity index (χ1n) is 11.8. The van der Waals surface area contributed by atoms with Gasteiger partial charge >= 0.3 is 24.3 Å². The molecule has 2 fully saturated rings. The number of aromatic nitrogens is 1. The minimum absolute atomic E-state index is 0.228. The highest BCUT2D eigenvalue weighted by Crippen LogP contribution is 2.26. The molecule has 16 heteroatoms. The summed E-state index contributed by atoms with van der Waals surface area (Å²) in [6.07, 6.45) is -6.44. The van der Waals surface area contributed by atoms with E-state index in [9.17, 15) is 26.3 Å². The zero-order valence-electron chi connectivity index (χ0n) is 21.4. The molecule has 0 aromatic carbocycles. The predicted octanol–water partition coefficient (Wildman–Crippen LogP) is 3.82. The molecular weight excluding hydrogens is 572 g/mol. The number of aliphatic carboxylic acids is 2. The molecule has 0 amide bonds. The molecule has 1 atom stereocenters. The van der Waals surface area contributed by atoms with Crippen LogP contribution in [0.25, 0.3) is 0 Å². The van der Waals surface area contributed by atoms with Crippen LogP contribution >= 0.6 is 11.3 Å². The molecule has 2 aromatic rings. The topological polar surface area (TPSA) is 112 Å². The highest BCUT2D eigenvalue weighted by atomic mass is 32.1. The van der Waals surface area contributed by atoms with Gasteiger partial charge in [0.15, 0.2) is 0 Å². The number of pyridine rings is 1. The molecule has 2 aliphatic heterocycles. The summed E-state index contributed by atoms with van der Waals surface area (Å²) in [5.74, 6) is -5.51. The molecule has 40 heavy (non-hydrogen) atoms. The number of thiophene rings is 1. The Morgan fingerprint density at radius 1 is 0.925 bits per heavy atom. The Hall–Kier alpha value is -2.79. The molecule has 2 saturated heterocycles. The summed E-state index contributed by atoms with van der Waals surface area (Å²) in [5.41, 5.74) is 1.06. The van der Waals surface area contributed by atoms with Crippen LogP contribution in [0.2, 0.25) is 0 Å². The molecule has 0 bridgehead atoms. The number of halogens is 6. The summed E-state index contributed by atoms with van der Waals surface area (Å²) in [4.78, 5) is 29.7. The molecule has 2 aliphatic rings. The standard InChI is InChI=1S/C20H27N3O2S.2C2HF3O2/c1-17-2-3-19(26-17)13-23-9-11-25-20(15-23)14-22(8-10-24-16-20)12-18-4-6-21-7-5-18;2*3-2(4,5)1(6)7/h2-7H,8-16H2,1H3;2*(H,6,7). The van der Waals surface area contributed by atoms with Crippen molar-refractivity contribution in [3.63, 3.8) is 0 Å². The number of aryl methyl sites for hydroxylation is 1. The van der Waals surface area contributed by atoms with E-state index in [0.717, 1.165) is 52.5 Å². The number of alkyl halides is 6. The lowest BCUT2D eigenvalue weighted by atomic mass is 10.0. The van der Waals surface area contributed by atoms with E-state index in [-0.39, 0.29) is 5.60 Å². The Morgan fingerprint density at radius 3 is 1.95 bits per heavy atom. The number of nitrogens with zero attached hydrogens (tertiary/aromatic N) is 3. The van der Waals surface area contributed by atoms with E-state index in [0.29, 0.717) is 6.61 Å². The lowest BCUT2D eigenvalue weighted by Crippen LogP contribution is -2.58. The van der Waals surface area contributed by atoms with Crippen molar-refractivity contribution in [3.8, 4) is 0 Å². The third-order valence-electron chi connectivity index (χ3n) is 5.57. The summed E-state index contributed by atoms with van der Waals surface area (Å²) < 4.78 is 75.7. The van der Waals surface area contributed by atoms with Crippen molar-refractivity contribution >= 4 is 23.3 Å². The van der Waals surface area contributed by atoms with Crippen LogP contribution in [0.4, 0.5) is 26.3 Å². The monoisotopic (exact) mass is 601 g/mol. The van der Waals surface area contributed by atoms with E-state index in [1.165, 1.54) is 15.3 Å². The maximum absolute atomic E-state index is 10.6. The minimum atomic E-state index is -5.08. The molecule has 1 unspecified atom stereocenters. The fourth-order valence-electron chi connectivity index (χ4n) is 3.90. The summed E-state index contributed by atoms with van der Waals surface area (Å²) in [7, 11) is 0. The number of hydrogen-bond acceptors (Lipinski definition) is 8. The van der Waals surface area contributed by atoms with Gasteiger partial charge in [-0.05, 0) is 36.8 Å². The van der Waals surface area contributed by atoms with Crippen molar-refractivity contribution < 1.29 is 55.6 Å². The number of hydrogen-bond donors (Lipinski definition) is 2. The Bertz CT molecular complexity index is 1060. The van der Waals surface area contributed by atoms with Gasteiger partial charge in [-0.2, -0.15) is 26.3 Å². The number of carbonyl (C=O) groups is 2. The molecule has 9 nitrogen and oxygen atoms in total. The van der Waals surface area contributed by atoms with Crippen LogP contribution in [0, 0.1) is 6.92 Å². The maximum atomic E-state index is 10.6. The van der Waals surface area contributed by atoms with Gasteiger partial charge in [0, 0.05) is 61.4 Å². The molecule has 2 N–H and O–H groups in total. The maximum Gasteiger partial charge on any atom is 0.490 e. The number of carboxylic acids is 2. The van der Waals surface area contributed by atoms with E-state index in [1.54, 1.807) is 0 Å². The second kappa shape index (κ2) is 14.7. The number of ether oxygens (including phenoxy) is 2. The Balaban J connectivity index is 0.000000333. The van der Waals surface area contributed by atoms with Crippen LogP contribution < -0.4 is 0 Å². The third kappa shape index (κ3) is 11.8. The fraction of sp³-hybridized carbons (Fsp3) is 0.542. The third-order valence-corrected chi connectivity index (χ3v) is 6.56. The molecule has 4 heterocycles. The van der Waals surface area contributed by atoms with Crippen LogP contribution in [0.3, 0.4) is 0 Å². The van der Waals surface area contributed by atoms with Crippen LogP contribution in [0.15, 0.2) is 36.7 Å². The highest BCUT2D eigenvalue weighted by molar-refractivity contribution is 7.11. The Labute approximate surface area is 229 Å². The van der Waals surface area contributed by atoms with Gasteiger partial charge in [-0.25, -0.2) is 9.59 Å². The van der Waals surface area contributed by atoms with Crippen LogP contribution in [-0.2, 0) is 32.2 Å². The zero-order valence-corrected chi connectivity index (χ0v) is 22.2. The highest BCUT2D eigenvalue weighted by Gasteiger charge is 2.41. The molecule has 4 rings (SSSR count). The second-order valence-electron chi connectivity index (χ2n) is 8.98. The normalized spacial score (nSPS) is 20.5. The number of rotatable bonds is 4. The van der Waals surface area contributed by atoms with E-state index >= 15 is 0 Å². The van der Waals surface area contributed by atoms with Crippen molar-refractivity contribution in [1.82, 2.24) is 14.8 Å². The first kappa shape index (κ1) is 33.4. The molecule has 224 valence electrons. The van der Waals surface area contributed by atoms with Gasteiger partial charge in [0.1, 0.15) is 5.60 Å². The molecule has 2 aromatic heterocycles. The average Bonchev–Trinajstić information content (AvgIpc) is 3.16. The number of morpholine rings is 1. The van der Waals surface area contributed by atoms with Crippen molar-refractivity contribution in [2.45, 2.75) is 38.0 Å². The van der Waals surface area contributed by atoms with Gasteiger partial charge in [-0.1, -0.05) is 0 Å². The van der Waals surface area contributed by atoms with Gasteiger partial charge in [0.25, 0.3) is 0 Å². The summed E-state index contributed by atoms with van der Waals surface area (Å²) in [6, 6.07) is 8.64. The van der Waals surface area contributed by atoms with Crippen molar-refractivity contribution in [3.05, 3.63) is 52.0 Å². The van der Waals surface area contributed by atoms with Gasteiger partial charge in [0.05, 0.1) is 19.8 Å². The SMILES string of the molecule is Cc1ccc(CN2CCOC3(COCCN(Cc4ccncc4)C3)C2)s1.O=C(O)C(F)(F)F.O=C(O)C(F)(F)F. The van der Waals surface area contributed by atoms with Crippen molar-refractivity contribution in [2.75, 3.05) is 46.0 Å². The summed E-state index contributed by atoms with van der Waals surface area (Å²) in [5, 5.41) is 14.2. The van der Waals surface area contributed by atoms with Gasteiger partial charge in [-0.3, -0.25) is 14.8 Å². The van der Waals surface area contributed by atoms with E-state index < -0.39 is 24.3 Å². The van der Waals surface area contributed by atoms with Crippen LogP contribution in [0.5, 0.6) is 0 Å². The van der Waals surface area contributed by atoms with Gasteiger partial charge < -0.3 is 19.7 Å². The van der Waals surface area contributed by atoms with Crippen LogP contribution in [0.1, 0.15) is 15.3 Å². The minimum Gasteiger partial charge on any atom is -0.475 e. The van der Waals surface area contributed by atoms with Crippen LogP contribution in [-0.4, -0.2) is 101 Å². The molecule has 0 radical (unpaired) electrons. The first-order valence-corrected chi connectivity index (χ1v) is 12.6. The first-order chi connectivity index (χ1) is 18.6. The van der Waals surface area contributed by atoms with Gasteiger partial charge in [0.2, 0.25) is 0 Å². The fourth-order valence-corrected chi connectivity index (χ4v) is 4.83. The lowest BCUT2D eigenvalue weighted by molar-refractivity contribution is -0.193.